The normalized spacial score (nSPS) is 20.5. The lowest BCUT2D eigenvalue weighted by molar-refractivity contribution is 0.0765. The Kier molecular flexibility index (Phi) is 3.32. The van der Waals surface area contributed by atoms with Gasteiger partial charge in [-0.15, -0.1) is 0 Å². The van der Waals surface area contributed by atoms with Crippen molar-refractivity contribution in [3.05, 3.63) is 22.7 Å². The molecule has 1 aromatic rings. The molecule has 5 heteroatoms. The van der Waals surface area contributed by atoms with Gasteiger partial charge in [0.2, 0.25) is 0 Å². The third kappa shape index (κ3) is 2.29. The van der Waals surface area contributed by atoms with Crippen LogP contribution in [0, 0.1) is 11.3 Å². The summed E-state index contributed by atoms with van der Waals surface area (Å²) in [6.07, 6.45) is -0.368. The summed E-state index contributed by atoms with van der Waals surface area (Å²) in [6, 6.07) is 7.85. The molecule has 1 saturated heterocycles. The molecule has 1 aliphatic heterocycles. The molecule has 2 N–H and O–H groups in total. The lowest BCUT2D eigenvalue weighted by Crippen LogP contribution is -2.42. The Morgan fingerprint density at radius 2 is 2.38 bits per heavy atom. The predicted octanol–water partition coefficient (Wildman–Crippen LogP) is 1.76. The van der Waals surface area contributed by atoms with E-state index in [1.54, 1.807) is 0 Å². The Labute approximate surface area is 103 Å². The van der Waals surface area contributed by atoms with Crippen LogP contribution in [0.15, 0.2) is 22.7 Å². The molecule has 0 amide bonds. The van der Waals surface area contributed by atoms with Gasteiger partial charge in [0.1, 0.15) is 0 Å². The maximum atomic E-state index is 8.84. The van der Waals surface area contributed by atoms with Crippen LogP contribution >= 0.6 is 15.9 Å². The maximum absolute atomic E-state index is 8.84. The molecule has 16 heavy (non-hydrogen) atoms. The van der Waals surface area contributed by atoms with Gasteiger partial charge in [0.05, 0.1) is 30.6 Å². The van der Waals surface area contributed by atoms with Crippen molar-refractivity contribution in [2.75, 3.05) is 30.3 Å². The highest BCUT2D eigenvalue weighted by atomic mass is 79.9. The number of morpholine rings is 1. The number of hydrogen-bond donors (Lipinski definition) is 1. The lowest BCUT2D eigenvalue weighted by Gasteiger charge is -2.32. The van der Waals surface area contributed by atoms with Crippen LogP contribution < -0.4 is 10.6 Å². The van der Waals surface area contributed by atoms with Crippen LogP contribution in [0.5, 0.6) is 0 Å². The highest BCUT2D eigenvalue weighted by Crippen LogP contribution is 2.28. The van der Waals surface area contributed by atoms with E-state index in [1.165, 1.54) is 0 Å². The van der Waals surface area contributed by atoms with Crippen LogP contribution in [-0.4, -0.2) is 25.8 Å². The topological polar surface area (TPSA) is 62.3 Å². The smallest absolute Gasteiger partial charge is 0.161 e. The Balaban J connectivity index is 2.23. The van der Waals surface area contributed by atoms with E-state index in [1.807, 2.05) is 18.2 Å². The van der Waals surface area contributed by atoms with Crippen molar-refractivity contribution in [3.63, 3.8) is 0 Å². The summed E-state index contributed by atoms with van der Waals surface area (Å²) in [5.41, 5.74) is 7.60. The van der Waals surface area contributed by atoms with Crippen LogP contribution in [0.25, 0.3) is 0 Å². The number of nitrogens with two attached hydrogens (primary N) is 1. The lowest BCUT2D eigenvalue weighted by atomic mass is 10.2. The first-order chi connectivity index (χ1) is 7.70. The second-order valence-corrected chi connectivity index (χ2v) is 4.55. The van der Waals surface area contributed by atoms with E-state index in [0.717, 1.165) is 22.4 Å². The van der Waals surface area contributed by atoms with Crippen molar-refractivity contribution in [3.8, 4) is 6.07 Å². The van der Waals surface area contributed by atoms with Gasteiger partial charge >= 0.3 is 0 Å². The molecule has 1 heterocycles. The number of ether oxygens (including phenoxy) is 1. The number of anilines is 2. The van der Waals surface area contributed by atoms with E-state index >= 15 is 0 Å². The largest absolute Gasteiger partial charge is 0.397 e. The van der Waals surface area contributed by atoms with Gasteiger partial charge in [-0.05, 0) is 18.2 Å². The van der Waals surface area contributed by atoms with Crippen molar-refractivity contribution in [1.29, 1.82) is 5.26 Å². The van der Waals surface area contributed by atoms with E-state index in [9.17, 15) is 0 Å². The average Bonchev–Trinajstić information content (AvgIpc) is 2.32. The summed E-state index contributed by atoms with van der Waals surface area (Å²) < 4.78 is 6.28. The fourth-order valence-electron chi connectivity index (χ4n) is 1.74. The van der Waals surface area contributed by atoms with Gasteiger partial charge in [-0.1, -0.05) is 15.9 Å². The Hall–Kier alpha value is -1.25. The second kappa shape index (κ2) is 4.73. The Morgan fingerprint density at radius 3 is 3.12 bits per heavy atom. The third-order valence-corrected chi connectivity index (χ3v) is 3.04. The third-order valence-electron chi connectivity index (χ3n) is 2.54. The molecule has 1 aliphatic rings. The minimum atomic E-state index is -0.368. The Bertz CT molecular complexity index is 430. The number of hydrogen-bond acceptors (Lipinski definition) is 4. The molecule has 1 aromatic carbocycles. The van der Waals surface area contributed by atoms with Crippen molar-refractivity contribution < 1.29 is 4.74 Å². The number of halogens is 1. The van der Waals surface area contributed by atoms with Gasteiger partial charge in [-0.3, -0.25) is 0 Å². The van der Waals surface area contributed by atoms with Crippen molar-refractivity contribution >= 4 is 27.3 Å². The summed E-state index contributed by atoms with van der Waals surface area (Å²) in [5, 5.41) is 8.84. The molecule has 84 valence electrons. The molecule has 2 rings (SSSR count). The molecule has 0 saturated carbocycles. The van der Waals surface area contributed by atoms with E-state index in [2.05, 4.69) is 26.9 Å². The summed E-state index contributed by atoms with van der Waals surface area (Å²) in [4.78, 5) is 2.08. The monoisotopic (exact) mass is 281 g/mol. The van der Waals surface area contributed by atoms with Gasteiger partial charge < -0.3 is 15.4 Å². The first kappa shape index (κ1) is 11.2. The minimum Gasteiger partial charge on any atom is -0.397 e. The molecule has 1 atom stereocenters. The van der Waals surface area contributed by atoms with Crippen LogP contribution in [0.4, 0.5) is 11.4 Å². The van der Waals surface area contributed by atoms with E-state index in [-0.39, 0.29) is 6.10 Å². The number of nitrogen functional groups attached to an aromatic ring is 1. The molecule has 0 aliphatic carbocycles. The van der Waals surface area contributed by atoms with Gasteiger partial charge in [0.25, 0.3) is 0 Å². The highest BCUT2D eigenvalue weighted by molar-refractivity contribution is 9.10. The Morgan fingerprint density at radius 1 is 1.56 bits per heavy atom. The quantitative estimate of drug-likeness (QED) is 0.797. The molecule has 0 spiro atoms. The standard InChI is InChI=1S/C11H12BrN3O/c12-8-1-2-10(14)11(5-8)15-3-4-16-9(6-13)7-15/h1-2,5,9H,3-4,7,14H2. The zero-order valence-corrected chi connectivity index (χ0v) is 10.3. The molecule has 0 aromatic heterocycles. The number of nitrogens with zero attached hydrogens (tertiary/aromatic N) is 2. The van der Waals surface area contributed by atoms with Crippen LogP contribution in [0.2, 0.25) is 0 Å². The first-order valence-electron chi connectivity index (χ1n) is 5.02. The number of rotatable bonds is 1. The summed E-state index contributed by atoms with van der Waals surface area (Å²) >= 11 is 3.42. The van der Waals surface area contributed by atoms with Gasteiger partial charge in [-0.2, -0.15) is 5.26 Å². The molecule has 0 bridgehead atoms. The van der Waals surface area contributed by atoms with E-state index in [4.69, 9.17) is 15.7 Å². The SMILES string of the molecule is N#CC1CN(c2cc(Br)ccc2N)CCO1. The zero-order valence-electron chi connectivity index (χ0n) is 8.69. The van der Waals surface area contributed by atoms with Crippen molar-refractivity contribution in [2.24, 2.45) is 0 Å². The van der Waals surface area contributed by atoms with Crippen molar-refractivity contribution in [2.45, 2.75) is 6.10 Å². The van der Waals surface area contributed by atoms with E-state index < -0.39 is 0 Å². The molecule has 0 radical (unpaired) electrons. The number of benzene rings is 1. The minimum absolute atomic E-state index is 0.368. The zero-order chi connectivity index (χ0) is 11.5. The van der Waals surface area contributed by atoms with E-state index in [0.29, 0.717) is 13.2 Å². The van der Waals surface area contributed by atoms with Gasteiger partial charge in [0, 0.05) is 11.0 Å². The van der Waals surface area contributed by atoms with Crippen LogP contribution in [-0.2, 0) is 4.74 Å². The molecule has 4 nitrogen and oxygen atoms in total. The molecular weight excluding hydrogens is 270 g/mol. The van der Waals surface area contributed by atoms with Crippen LogP contribution in [0.1, 0.15) is 0 Å². The fraction of sp³-hybridized carbons (Fsp3) is 0.364. The molecular formula is C11H12BrN3O. The fourth-order valence-corrected chi connectivity index (χ4v) is 2.09. The van der Waals surface area contributed by atoms with Crippen LogP contribution in [0.3, 0.4) is 0 Å². The second-order valence-electron chi connectivity index (χ2n) is 3.64. The van der Waals surface area contributed by atoms with Gasteiger partial charge in [0.15, 0.2) is 6.10 Å². The van der Waals surface area contributed by atoms with Crippen molar-refractivity contribution in [1.82, 2.24) is 0 Å². The molecule has 1 fully saturated rings. The summed E-state index contributed by atoms with van der Waals surface area (Å²) in [7, 11) is 0. The number of nitriles is 1. The predicted molar refractivity (Wildman–Crippen MR) is 66.1 cm³/mol. The highest BCUT2D eigenvalue weighted by Gasteiger charge is 2.21. The maximum Gasteiger partial charge on any atom is 0.161 e. The van der Waals surface area contributed by atoms with Gasteiger partial charge in [-0.25, -0.2) is 0 Å². The molecule has 1 unspecified atom stereocenters. The first-order valence-corrected chi connectivity index (χ1v) is 5.81. The average molecular weight is 282 g/mol. The summed E-state index contributed by atoms with van der Waals surface area (Å²) in [6.45, 7) is 1.89. The summed E-state index contributed by atoms with van der Waals surface area (Å²) in [5.74, 6) is 0.